The molecular weight excluding hydrogens is 360 g/mol. The molecular formula is C20H16N4O4. The molecule has 0 atom stereocenters. The van der Waals surface area contributed by atoms with E-state index in [4.69, 9.17) is 0 Å². The lowest BCUT2D eigenvalue weighted by Crippen LogP contribution is -2.22. The molecule has 1 amide bonds. The van der Waals surface area contributed by atoms with E-state index in [1.54, 1.807) is 48.5 Å². The van der Waals surface area contributed by atoms with E-state index in [0.29, 0.717) is 11.4 Å². The number of hydrogen-bond donors (Lipinski definition) is 2. The number of nitrogens with one attached hydrogen (secondary N) is 2. The van der Waals surface area contributed by atoms with Crippen LogP contribution in [0.15, 0.2) is 72.9 Å². The second-order valence-corrected chi connectivity index (χ2v) is 5.80. The quantitative estimate of drug-likeness (QED) is 0.372. The van der Waals surface area contributed by atoms with Crippen LogP contribution in [0.5, 0.6) is 0 Å². The van der Waals surface area contributed by atoms with Gasteiger partial charge in [-0.15, -0.1) is 0 Å². The summed E-state index contributed by atoms with van der Waals surface area (Å²) < 4.78 is 0. The minimum Gasteiger partial charge on any atom is -0.371 e. The van der Waals surface area contributed by atoms with Gasteiger partial charge in [0, 0.05) is 23.4 Å². The van der Waals surface area contributed by atoms with Crippen LogP contribution in [0.25, 0.3) is 0 Å². The molecule has 28 heavy (non-hydrogen) atoms. The maximum absolute atomic E-state index is 12.5. The van der Waals surface area contributed by atoms with Gasteiger partial charge in [-0.2, -0.15) is 0 Å². The lowest BCUT2D eigenvalue weighted by atomic mass is 10.0. The Morgan fingerprint density at radius 3 is 2.39 bits per heavy atom. The maximum atomic E-state index is 12.5. The molecule has 2 aromatic carbocycles. The van der Waals surface area contributed by atoms with E-state index < -0.39 is 10.8 Å². The monoisotopic (exact) mass is 376 g/mol. The Bertz CT molecular complexity index is 1010. The van der Waals surface area contributed by atoms with Gasteiger partial charge >= 0.3 is 0 Å². The fraction of sp³-hybridized carbons (Fsp3) is 0.0500. The number of carbonyl (C=O) groups excluding carboxylic acids is 2. The van der Waals surface area contributed by atoms with E-state index in [-0.39, 0.29) is 29.3 Å². The standard InChI is InChI=1S/C20H16N4O4/c25-19(23-18-8-4-5-11-21-18)13-22-16-10-9-15(12-17(16)24(27)28)20(26)14-6-2-1-3-7-14/h1-12,22H,13H2,(H,21,23,25). The Kier molecular flexibility index (Phi) is 5.71. The minimum atomic E-state index is -0.596. The van der Waals surface area contributed by atoms with Gasteiger partial charge in [-0.3, -0.25) is 19.7 Å². The highest BCUT2D eigenvalue weighted by Crippen LogP contribution is 2.26. The number of pyridine rings is 1. The number of nitro groups is 1. The normalized spacial score (nSPS) is 10.1. The molecule has 0 unspecified atom stereocenters. The van der Waals surface area contributed by atoms with Crippen LogP contribution in [-0.2, 0) is 4.79 Å². The third kappa shape index (κ3) is 4.55. The summed E-state index contributed by atoms with van der Waals surface area (Å²) in [5.74, 6) is -0.340. The van der Waals surface area contributed by atoms with E-state index >= 15 is 0 Å². The SMILES string of the molecule is O=C(CNc1ccc(C(=O)c2ccccc2)cc1[N+](=O)[O-])Nc1ccccn1. The predicted octanol–water partition coefficient (Wildman–Crippen LogP) is 3.27. The van der Waals surface area contributed by atoms with E-state index in [2.05, 4.69) is 15.6 Å². The number of amides is 1. The molecule has 3 aromatic rings. The molecule has 8 nitrogen and oxygen atoms in total. The Hall–Kier alpha value is -4.07. The molecule has 0 fully saturated rings. The number of carbonyl (C=O) groups is 2. The molecule has 140 valence electrons. The number of nitro benzene ring substituents is 1. The molecule has 0 aliphatic carbocycles. The second-order valence-electron chi connectivity index (χ2n) is 5.80. The summed E-state index contributed by atoms with van der Waals surface area (Å²) in [6.45, 7) is -0.191. The maximum Gasteiger partial charge on any atom is 0.293 e. The number of aromatic nitrogens is 1. The van der Waals surface area contributed by atoms with Gasteiger partial charge < -0.3 is 10.6 Å². The average Bonchev–Trinajstić information content (AvgIpc) is 2.73. The van der Waals surface area contributed by atoms with Gasteiger partial charge in [0.25, 0.3) is 5.69 Å². The van der Waals surface area contributed by atoms with Crippen molar-refractivity contribution in [2.45, 2.75) is 0 Å². The molecule has 0 aliphatic heterocycles. The molecule has 0 aliphatic rings. The molecule has 0 saturated heterocycles. The van der Waals surface area contributed by atoms with Gasteiger partial charge in [0.05, 0.1) is 11.5 Å². The third-order valence-corrected chi connectivity index (χ3v) is 3.86. The number of anilines is 2. The molecule has 0 spiro atoms. The van der Waals surface area contributed by atoms with E-state index in [0.717, 1.165) is 0 Å². The average molecular weight is 376 g/mol. The number of hydrogen-bond acceptors (Lipinski definition) is 6. The van der Waals surface area contributed by atoms with Crippen molar-refractivity contribution < 1.29 is 14.5 Å². The Morgan fingerprint density at radius 1 is 0.964 bits per heavy atom. The van der Waals surface area contributed by atoms with Crippen molar-refractivity contribution >= 4 is 28.9 Å². The van der Waals surface area contributed by atoms with Crippen LogP contribution in [0, 0.1) is 10.1 Å². The first-order valence-electron chi connectivity index (χ1n) is 8.37. The smallest absolute Gasteiger partial charge is 0.293 e. The predicted molar refractivity (Wildman–Crippen MR) is 104 cm³/mol. The van der Waals surface area contributed by atoms with Crippen LogP contribution in [-0.4, -0.2) is 28.1 Å². The number of ketones is 1. The number of rotatable bonds is 7. The van der Waals surface area contributed by atoms with Crippen LogP contribution in [0.3, 0.4) is 0 Å². The summed E-state index contributed by atoms with van der Waals surface area (Å²) in [5.41, 5.74) is 0.492. The number of nitrogens with zero attached hydrogens (tertiary/aromatic N) is 2. The van der Waals surface area contributed by atoms with Gasteiger partial charge in [0.1, 0.15) is 11.5 Å². The first-order valence-corrected chi connectivity index (χ1v) is 8.37. The lowest BCUT2D eigenvalue weighted by Gasteiger charge is -2.09. The Balaban J connectivity index is 1.73. The zero-order valence-electron chi connectivity index (χ0n) is 14.7. The fourth-order valence-electron chi connectivity index (χ4n) is 2.53. The van der Waals surface area contributed by atoms with Crippen molar-refractivity contribution in [1.82, 2.24) is 4.98 Å². The second kappa shape index (κ2) is 8.54. The number of benzene rings is 2. The zero-order valence-corrected chi connectivity index (χ0v) is 14.7. The highest BCUT2D eigenvalue weighted by molar-refractivity contribution is 6.09. The van der Waals surface area contributed by atoms with Crippen molar-refractivity contribution in [3.05, 3.63) is 94.2 Å². The summed E-state index contributed by atoms with van der Waals surface area (Å²) >= 11 is 0. The van der Waals surface area contributed by atoms with Gasteiger partial charge in [-0.1, -0.05) is 36.4 Å². The van der Waals surface area contributed by atoms with Crippen molar-refractivity contribution in [3.63, 3.8) is 0 Å². The molecule has 1 aromatic heterocycles. The lowest BCUT2D eigenvalue weighted by molar-refractivity contribution is -0.384. The third-order valence-electron chi connectivity index (χ3n) is 3.86. The van der Waals surface area contributed by atoms with E-state index in [1.807, 2.05) is 0 Å². The minimum absolute atomic E-state index is 0.144. The molecule has 2 N–H and O–H groups in total. The van der Waals surface area contributed by atoms with Crippen molar-refractivity contribution in [2.24, 2.45) is 0 Å². The zero-order chi connectivity index (χ0) is 19.9. The summed E-state index contributed by atoms with van der Waals surface area (Å²) in [6, 6.07) is 17.7. The van der Waals surface area contributed by atoms with Crippen molar-refractivity contribution in [3.8, 4) is 0 Å². The van der Waals surface area contributed by atoms with Crippen LogP contribution in [0.4, 0.5) is 17.2 Å². The van der Waals surface area contributed by atoms with Gasteiger partial charge in [0.2, 0.25) is 5.91 Å². The summed E-state index contributed by atoms with van der Waals surface area (Å²) in [4.78, 5) is 39.3. The van der Waals surface area contributed by atoms with Crippen LogP contribution < -0.4 is 10.6 Å². The van der Waals surface area contributed by atoms with Crippen molar-refractivity contribution in [2.75, 3.05) is 17.2 Å². The molecule has 0 saturated carbocycles. The highest BCUT2D eigenvalue weighted by Gasteiger charge is 2.19. The van der Waals surface area contributed by atoms with Crippen LogP contribution >= 0.6 is 0 Å². The first-order chi connectivity index (χ1) is 13.5. The fourth-order valence-corrected chi connectivity index (χ4v) is 2.53. The largest absolute Gasteiger partial charge is 0.371 e. The molecule has 0 bridgehead atoms. The van der Waals surface area contributed by atoms with E-state index in [9.17, 15) is 19.7 Å². The van der Waals surface area contributed by atoms with Crippen molar-refractivity contribution in [1.29, 1.82) is 0 Å². The first kappa shape index (κ1) is 18.7. The molecule has 3 rings (SSSR count). The summed E-state index contributed by atoms with van der Waals surface area (Å²) in [7, 11) is 0. The van der Waals surface area contributed by atoms with E-state index in [1.165, 1.54) is 24.4 Å². The Labute approximate surface area is 160 Å². The van der Waals surface area contributed by atoms with Gasteiger partial charge in [0.15, 0.2) is 5.78 Å². The highest BCUT2D eigenvalue weighted by atomic mass is 16.6. The summed E-state index contributed by atoms with van der Waals surface area (Å²) in [6.07, 6.45) is 1.54. The molecule has 0 radical (unpaired) electrons. The molecule has 8 heteroatoms. The van der Waals surface area contributed by atoms with Crippen LogP contribution in [0.2, 0.25) is 0 Å². The molecule has 1 heterocycles. The summed E-state index contributed by atoms with van der Waals surface area (Å²) in [5, 5.41) is 16.7. The van der Waals surface area contributed by atoms with Gasteiger partial charge in [-0.25, -0.2) is 4.98 Å². The van der Waals surface area contributed by atoms with Gasteiger partial charge in [-0.05, 0) is 24.3 Å². The Morgan fingerprint density at radius 2 is 1.71 bits per heavy atom. The van der Waals surface area contributed by atoms with Crippen LogP contribution in [0.1, 0.15) is 15.9 Å². The topological polar surface area (TPSA) is 114 Å².